The highest BCUT2D eigenvalue weighted by Crippen LogP contribution is 2.38. The average Bonchev–Trinajstić information content (AvgIpc) is 2.82. The van der Waals surface area contributed by atoms with E-state index in [1.54, 1.807) is 0 Å². The van der Waals surface area contributed by atoms with Gasteiger partial charge in [-0.05, 0) is 30.7 Å². The largest absolute Gasteiger partial charge is 0.507 e. The highest BCUT2D eigenvalue weighted by molar-refractivity contribution is 5.85. The standard InChI is InChI=1S/C14H21NO.ClH/c1-2-10-8-5-9-12(14(10)16)13(15)11-6-3-4-7-11;/h5,8-9,11,13,16H,2-4,6-7,15H2,1H3;1H/t13-;/m1./s1. The molecule has 2 nitrogen and oxygen atoms in total. The number of aromatic hydroxyl groups is 1. The van der Waals surface area contributed by atoms with Crippen molar-refractivity contribution in [2.24, 2.45) is 11.7 Å². The molecule has 96 valence electrons. The fraction of sp³-hybridized carbons (Fsp3) is 0.571. The molecule has 17 heavy (non-hydrogen) atoms. The third kappa shape index (κ3) is 2.93. The molecule has 0 amide bonds. The molecule has 2 rings (SSSR count). The summed E-state index contributed by atoms with van der Waals surface area (Å²) in [5.41, 5.74) is 8.21. The maximum Gasteiger partial charge on any atom is 0.123 e. The van der Waals surface area contributed by atoms with Gasteiger partial charge in [0.05, 0.1) is 0 Å². The van der Waals surface area contributed by atoms with Gasteiger partial charge in [0.25, 0.3) is 0 Å². The number of rotatable bonds is 3. The number of hydrogen-bond acceptors (Lipinski definition) is 2. The van der Waals surface area contributed by atoms with Crippen molar-refractivity contribution in [1.82, 2.24) is 0 Å². The Balaban J connectivity index is 0.00000144. The maximum absolute atomic E-state index is 10.1. The summed E-state index contributed by atoms with van der Waals surface area (Å²) in [6.45, 7) is 2.06. The summed E-state index contributed by atoms with van der Waals surface area (Å²) < 4.78 is 0. The zero-order valence-electron chi connectivity index (χ0n) is 10.4. The first-order valence-corrected chi connectivity index (χ1v) is 6.30. The monoisotopic (exact) mass is 255 g/mol. The molecule has 1 atom stereocenters. The minimum atomic E-state index is 0. The molecule has 0 saturated heterocycles. The van der Waals surface area contributed by atoms with Crippen molar-refractivity contribution >= 4 is 12.4 Å². The summed E-state index contributed by atoms with van der Waals surface area (Å²) in [5, 5.41) is 10.1. The molecule has 1 saturated carbocycles. The van der Waals surface area contributed by atoms with Crippen LogP contribution in [0.2, 0.25) is 0 Å². The Hall–Kier alpha value is -0.730. The van der Waals surface area contributed by atoms with Gasteiger partial charge in [0.1, 0.15) is 5.75 Å². The first-order chi connectivity index (χ1) is 7.74. The zero-order chi connectivity index (χ0) is 11.5. The van der Waals surface area contributed by atoms with E-state index in [0.29, 0.717) is 11.7 Å². The Morgan fingerprint density at radius 1 is 1.35 bits per heavy atom. The fourth-order valence-corrected chi connectivity index (χ4v) is 2.74. The molecule has 0 aromatic heterocycles. The van der Waals surface area contributed by atoms with Gasteiger partial charge in [-0.2, -0.15) is 0 Å². The highest BCUT2D eigenvalue weighted by atomic mass is 35.5. The van der Waals surface area contributed by atoms with E-state index in [9.17, 15) is 5.11 Å². The van der Waals surface area contributed by atoms with Crippen molar-refractivity contribution < 1.29 is 5.11 Å². The second-order valence-corrected chi connectivity index (χ2v) is 4.78. The Bertz CT molecular complexity index is 361. The third-order valence-corrected chi connectivity index (χ3v) is 3.80. The van der Waals surface area contributed by atoms with E-state index in [1.165, 1.54) is 25.7 Å². The summed E-state index contributed by atoms with van der Waals surface area (Å²) in [6, 6.07) is 5.95. The first kappa shape index (κ1) is 14.3. The van der Waals surface area contributed by atoms with Gasteiger partial charge in [-0.3, -0.25) is 0 Å². The predicted molar refractivity (Wildman–Crippen MR) is 73.6 cm³/mol. The molecular weight excluding hydrogens is 234 g/mol. The van der Waals surface area contributed by atoms with Crippen LogP contribution in [0.3, 0.4) is 0 Å². The second-order valence-electron chi connectivity index (χ2n) is 4.78. The van der Waals surface area contributed by atoms with Gasteiger partial charge in [0.2, 0.25) is 0 Å². The third-order valence-electron chi connectivity index (χ3n) is 3.80. The Morgan fingerprint density at radius 3 is 2.59 bits per heavy atom. The van der Waals surface area contributed by atoms with Gasteiger partial charge in [0, 0.05) is 11.6 Å². The van der Waals surface area contributed by atoms with Crippen LogP contribution in [0.1, 0.15) is 49.8 Å². The number of nitrogens with two attached hydrogens (primary N) is 1. The van der Waals surface area contributed by atoms with Crippen molar-refractivity contribution in [2.45, 2.75) is 45.1 Å². The van der Waals surface area contributed by atoms with E-state index >= 15 is 0 Å². The number of phenolic OH excluding ortho intramolecular Hbond substituents is 1. The summed E-state index contributed by atoms with van der Waals surface area (Å²) in [4.78, 5) is 0. The van der Waals surface area contributed by atoms with Crippen molar-refractivity contribution in [3.63, 3.8) is 0 Å². The fourth-order valence-electron chi connectivity index (χ4n) is 2.74. The lowest BCUT2D eigenvalue weighted by Gasteiger charge is -2.21. The van der Waals surface area contributed by atoms with Gasteiger partial charge in [-0.15, -0.1) is 12.4 Å². The summed E-state index contributed by atoms with van der Waals surface area (Å²) in [7, 11) is 0. The van der Waals surface area contributed by atoms with Crippen molar-refractivity contribution in [2.75, 3.05) is 0 Å². The summed E-state index contributed by atoms with van der Waals surface area (Å²) in [5.74, 6) is 0.974. The minimum Gasteiger partial charge on any atom is -0.507 e. The number of benzene rings is 1. The zero-order valence-corrected chi connectivity index (χ0v) is 11.2. The number of hydrogen-bond donors (Lipinski definition) is 2. The van der Waals surface area contributed by atoms with Gasteiger partial charge in [0.15, 0.2) is 0 Å². The van der Waals surface area contributed by atoms with Crippen LogP contribution in [-0.2, 0) is 6.42 Å². The smallest absolute Gasteiger partial charge is 0.123 e. The molecule has 0 radical (unpaired) electrons. The highest BCUT2D eigenvalue weighted by Gasteiger charge is 2.25. The van der Waals surface area contributed by atoms with Gasteiger partial charge in [-0.25, -0.2) is 0 Å². The van der Waals surface area contributed by atoms with Crippen LogP contribution in [0.15, 0.2) is 18.2 Å². The van der Waals surface area contributed by atoms with Crippen LogP contribution in [0.4, 0.5) is 0 Å². The number of aryl methyl sites for hydroxylation is 1. The molecule has 0 spiro atoms. The molecule has 0 aliphatic heterocycles. The summed E-state index contributed by atoms with van der Waals surface area (Å²) >= 11 is 0. The first-order valence-electron chi connectivity index (χ1n) is 6.30. The lowest BCUT2D eigenvalue weighted by atomic mass is 9.90. The molecule has 1 fully saturated rings. The van der Waals surface area contributed by atoms with E-state index in [4.69, 9.17) is 5.73 Å². The topological polar surface area (TPSA) is 46.2 Å². The van der Waals surface area contributed by atoms with Crippen LogP contribution in [-0.4, -0.2) is 5.11 Å². The lowest BCUT2D eigenvalue weighted by molar-refractivity contribution is 0.409. The van der Waals surface area contributed by atoms with E-state index in [-0.39, 0.29) is 18.4 Å². The summed E-state index contributed by atoms with van der Waals surface area (Å²) in [6.07, 6.45) is 5.84. The quantitative estimate of drug-likeness (QED) is 0.868. The number of para-hydroxylation sites is 1. The lowest BCUT2D eigenvalue weighted by Crippen LogP contribution is -2.19. The van der Waals surface area contributed by atoms with E-state index in [0.717, 1.165) is 17.5 Å². The Morgan fingerprint density at radius 2 is 2.00 bits per heavy atom. The van der Waals surface area contributed by atoms with E-state index in [2.05, 4.69) is 6.92 Å². The molecular formula is C14H22ClNO. The molecule has 0 unspecified atom stereocenters. The molecule has 3 heteroatoms. The molecule has 0 heterocycles. The Labute approximate surface area is 110 Å². The van der Waals surface area contributed by atoms with Crippen LogP contribution < -0.4 is 5.73 Å². The molecule has 0 bridgehead atoms. The van der Waals surface area contributed by atoms with E-state index in [1.807, 2.05) is 18.2 Å². The normalized spacial score (nSPS) is 17.8. The van der Waals surface area contributed by atoms with Crippen LogP contribution in [0.25, 0.3) is 0 Å². The molecule has 1 aliphatic rings. The van der Waals surface area contributed by atoms with Crippen molar-refractivity contribution in [3.8, 4) is 5.75 Å². The van der Waals surface area contributed by atoms with E-state index < -0.39 is 0 Å². The molecule has 1 aromatic rings. The SMILES string of the molecule is CCc1cccc([C@H](N)C2CCCC2)c1O.Cl. The number of phenols is 1. The van der Waals surface area contributed by atoms with Gasteiger partial charge >= 0.3 is 0 Å². The molecule has 1 aliphatic carbocycles. The van der Waals surface area contributed by atoms with Gasteiger partial charge in [-0.1, -0.05) is 38.0 Å². The second kappa shape index (κ2) is 6.27. The number of halogens is 1. The van der Waals surface area contributed by atoms with Crippen LogP contribution in [0.5, 0.6) is 5.75 Å². The van der Waals surface area contributed by atoms with Crippen molar-refractivity contribution in [1.29, 1.82) is 0 Å². The average molecular weight is 256 g/mol. The molecule has 1 aromatic carbocycles. The van der Waals surface area contributed by atoms with Crippen molar-refractivity contribution in [3.05, 3.63) is 29.3 Å². The van der Waals surface area contributed by atoms with Crippen LogP contribution >= 0.6 is 12.4 Å². The molecule has 3 N–H and O–H groups in total. The van der Waals surface area contributed by atoms with Gasteiger partial charge < -0.3 is 10.8 Å². The maximum atomic E-state index is 10.1. The Kier molecular flexibility index (Phi) is 5.29. The van der Waals surface area contributed by atoms with Crippen LogP contribution in [0, 0.1) is 5.92 Å². The predicted octanol–water partition coefficient (Wildman–Crippen LogP) is 3.57. The minimum absolute atomic E-state index is 0.